The first-order valence-electron chi connectivity index (χ1n) is 11.5. The number of fused-ring (bicyclic) bond motifs is 1. The topological polar surface area (TPSA) is 70.1 Å². The summed E-state index contributed by atoms with van der Waals surface area (Å²) in [6.45, 7) is 10.9. The van der Waals surface area contributed by atoms with E-state index in [0.717, 1.165) is 55.0 Å². The van der Waals surface area contributed by atoms with Crippen LogP contribution < -0.4 is 15.1 Å². The molecule has 5 rings (SSSR count). The van der Waals surface area contributed by atoms with Gasteiger partial charge in [0.1, 0.15) is 17.5 Å². The lowest BCUT2D eigenvalue weighted by Gasteiger charge is -2.33. The molecule has 1 atom stereocenters. The predicted molar refractivity (Wildman–Crippen MR) is 126 cm³/mol. The van der Waals surface area contributed by atoms with Gasteiger partial charge in [-0.25, -0.2) is 15.0 Å². The normalized spacial score (nSPS) is 19.0. The molecule has 1 unspecified atom stereocenters. The van der Waals surface area contributed by atoms with Crippen molar-refractivity contribution < 1.29 is 0 Å². The lowest BCUT2D eigenvalue weighted by Crippen LogP contribution is -2.37. The fourth-order valence-electron chi connectivity index (χ4n) is 4.52. The summed E-state index contributed by atoms with van der Waals surface area (Å²) in [7, 11) is 0. The second-order valence-corrected chi connectivity index (χ2v) is 9.21. The van der Waals surface area contributed by atoms with Gasteiger partial charge in [0.05, 0.1) is 0 Å². The van der Waals surface area contributed by atoms with Crippen molar-refractivity contribution in [1.82, 2.24) is 19.9 Å². The van der Waals surface area contributed by atoms with Gasteiger partial charge in [-0.05, 0) is 54.2 Å². The molecule has 0 aromatic carbocycles. The lowest BCUT2D eigenvalue weighted by molar-refractivity contribution is 0.442. The van der Waals surface area contributed by atoms with Gasteiger partial charge in [0.25, 0.3) is 0 Å². The van der Waals surface area contributed by atoms with Gasteiger partial charge < -0.3 is 15.1 Å². The molecule has 0 radical (unpaired) electrons. The van der Waals surface area contributed by atoms with Crippen LogP contribution in [0.1, 0.15) is 51.5 Å². The maximum absolute atomic E-state index is 4.78. The van der Waals surface area contributed by atoms with Crippen molar-refractivity contribution in [3.05, 3.63) is 36.3 Å². The highest BCUT2D eigenvalue weighted by Gasteiger charge is 2.21. The third-order valence-electron chi connectivity index (χ3n) is 6.40. The summed E-state index contributed by atoms with van der Waals surface area (Å²) in [5, 5.41) is 5.75. The maximum Gasteiger partial charge on any atom is 0.227 e. The Morgan fingerprint density at radius 3 is 2.55 bits per heavy atom. The molecule has 2 aliphatic heterocycles. The summed E-state index contributed by atoms with van der Waals surface area (Å²) < 4.78 is 0. The van der Waals surface area contributed by atoms with Gasteiger partial charge in [-0.1, -0.05) is 20.8 Å². The van der Waals surface area contributed by atoms with E-state index in [-0.39, 0.29) is 0 Å². The van der Waals surface area contributed by atoms with Crippen molar-refractivity contribution in [1.29, 1.82) is 0 Å². The van der Waals surface area contributed by atoms with Crippen molar-refractivity contribution in [2.45, 2.75) is 46.0 Å². The van der Waals surface area contributed by atoms with Crippen molar-refractivity contribution in [3.63, 3.8) is 0 Å². The van der Waals surface area contributed by atoms with Crippen LogP contribution in [0.15, 0.2) is 30.7 Å². The van der Waals surface area contributed by atoms with E-state index >= 15 is 0 Å². The summed E-state index contributed by atoms with van der Waals surface area (Å²) in [5.41, 5.74) is 1.25. The number of hydrogen-bond donors (Lipinski definition) is 1. The molecule has 2 fully saturated rings. The summed E-state index contributed by atoms with van der Waals surface area (Å²) in [6, 6.07) is 4.05. The van der Waals surface area contributed by atoms with Crippen LogP contribution in [0.4, 0.5) is 23.4 Å². The molecule has 0 aliphatic carbocycles. The average Bonchev–Trinajstić information content (AvgIpc) is 2.72. The average molecular weight is 418 g/mol. The molecular formula is C24H31N7. The smallest absolute Gasteiger partial charge is 0.227 e. The number of rotatable bonds is 5. The molecule has 2 aliphatic rings. The first kappa shape index (κ1) is 20.0. The number of piperidine rings is 1. The Labute approximate surface area is 183 Å². The molecule has 3 aromatic heterocycles. The largest absolute Gasteiger partial charge is 0.356 e. The standard InChI is InChI=1S/C24H31N7/c1-16(2)19-13-27-23(30-10-5-11-30)20-14-26-22(12-18(19)20)28-21-7-8-25-24(29-21)31-9-4-6-17(3)15-31/h7-8,12-14,16-17H,4-6,9-11,15H2,1-3H3,(H,25,26,28,29). The number of pyridine rings is 2. The molecule has 1 N–H and O–H groups in total. The van der Waals surface area contributed by atoms with Gasteiger partial charge >= 0.3 is 0 Å². The van der Waals surface area contributed by atoms with Crippen molar-refractivity contribution >= 4 is 34.2 Å². The zero-order valence-electron chi connectivity index (χ0n) is 18.7. The Hall–Kier alpha value is -2.96. The van der Waals surface area contributed by atoms with Crippen LogP contribution in [-0.4, -0.2) is 46.1 Å². The Morgan fingerprint density at radius 2 is 1.81 bits per heavy atom. The number of nitrogens with zero attached hydrogens (tertiary/aromatic N) is 6. The van der Waals surface area contributed by atoms with Crippen LogP contribution in [0.3, 0.4) is 0 Å². The molecule has 5 heterocycles. The molecule has 0 amide bonds. The molecule has 0 saturated carbocycles. The molecule has 2 saturated heterocycles. The van der Waals surface area contributed by atoms with Gasteiger partial charge in [-0.3, -0.25) is 0 Å². The van der Waals surface area contributed by atoms with E-state index in [0.29, 0.717) is 11.8 Å². The fourth-order valence-corrected chi connectivity index (χ4v) is 4.52. The first-order valence-corrected chi connectivity index (χ1v) is 11.5. The fraction of sp³-hybridized carbons (Fsp3) is 0.500. The highest BCUT2D eigenvalue weighted by Crippen LogP contribution is 2.34. The summed E-state index contributed by atoms with van der Waals surface area (Å²) in [4.78, 5) is 23.4. The summed E-state index contributed by atoms with van der Waals surface area (Å²) >= 11 is 0. The first-order chi connectivity index (χ1) is 15.1. The van der Waals surface area contributed by atoms with Crippen molar-refractivity contribution in [2.24, 2.45) is 5.92 Å². The van der Waals surface area contributed by atoms with Crippen LogP contribution in [-0.2, 0) is 0 Å². The molecule has 0 spiro atoms. The van der Waals surface area contributed by atoms with Gasteiger partial charge in [-0.2, -0.15) is 4.98 Å². The van der Waals surface area contributed by atoms with Crippen LogP contribution in [0.2, 0.25) is 0 Å². The van der Waals surface area contributed by atoms with Crippen LogP contribution >= 0.6 is 0 Å². The molecular weight excluding hydrogens is 386 g/mol. The molecule has 162 valence electrons. The monoisotopic (exact) mass is 417 g/mol. The van der Waals surface area contributed by atoms with Crippen LogP contribution in [0, 0.1) is 5.92 Å². The van der Waals surface area contributed by atoms with E-state index in [1.165, 1.54) is 30.2 Å². The molecule has 7 nitrogen and oxygen atoms in total. The van der Waals surface area contributed by atoms with Crippen LogP contribution in [0.25, 0.3) is 10.8 Å². The summed E-state index contributed by atoms with van der Waals surface area (Å²) in [6.07, 6.45) is 9.52. The van der Waals surface area contributed by atoms with Gasteiger partial charge in [0, 0.05) is 50.2 Å². The zero-order valence-corrected chi connectivity index (χ0v) is 18.7. The van der Waals surface area contributed by atoms with Crippen molar-refractivity contribution in [3.8, 4) is 0 Å². The van der Waals surface area contributed by atoms with Gasteiger partial charge in [0.15, 0.2) is 0 Å². The second kappa shape index (κ2) is 8.29. The number of aromatic nitrogens is 4. The SMILES string of the molecule is CC1CCCN(c2nccc(Nc3cc4c(C(C)C)cnc(N5CCC5)c4cn3)n2)C1. The number of hydrogen-bond acceptors (Lipinski definition) is 7. The minimum Gasteiger partial charge on any atom is -0.356 e. The Morgan fingerprint density at radius 1 is 0.968 bits per heavy atom. The van der Waals surface area contributed by atoms with E-state index in [9.17, 15) is 0 Å². The minimum atomic E-state index is 0.391. The van der Waals surface area contributed by atoms with E-state index < -0.39 is 0 Å². The Balaban J connectivity index is 1.45. The van der Waals surface area contributed by atoms with E-state index in [4.69, 9.17) is 15.0 Å². The number of nitrogens with one attached hydrogen (secondary N) is 1. The molecule has 3 aromatic rings. The number of anilines is 4. The molecule has 31 heavy (non-hydrogen) atoms. The molecule has 0 bridgehead atoms. The second-order valence-electron chi connectivity index (χ2n) is 9.21. The van der Waals surface area contributed by atoms with E-state index in [1.54, 1.807) is 0 Å². The van der Waals surface area contributed by atoms with E-state index in [2.05, 4.69) is 46.9 Å². The van der Waals surface area contributed by atoms with Crippen LogP contribution in [0.5, 0.6) is 0 Å². The van der Waals surface area contributed by atoms with Gasteiger partial charge in [0.2, 0.25) is 5.95 Å². The lowest BCUT2D eigenvalue weighted by atomic mass is 9.98. The third-order valence-corrected chi connectivity index (χ3v) is 6.40. The summed E-state index contributed by atoms with van der Waals surface area (Å²) in [5.74, 6) is 4.49. The van der Waals surface area contributed by atoms with Crippen molar-refractivity contribution in [2.75, 3.05) is 41.3 Å². The van der Waals surface area contributed by atoms with Gasteiger partial charge in [-0.15, -0.1) is 0 Å². The zero-order chi connectivity index (χ0) is 21.4. The highest BCUT2D eigenvalue weighted by molar-refractivity contribution is 5.96. The quantitative estimate of drug-likeness (QED) is 0.643. The van der Waals surface area contributed by atoms with E-state index in [1.807, 2.05) is 24.7 Å². The molecule has 7 heteroatoms. The highest BCUT2D eigenvalue weighted by atomic mass is 15.3. The minimum absolute atomic E-state index is 0.391. The maximum atomic E-state index is 4.78. The Bertz CT molecular complexity index is 1080. The predicted octanol–water partition coefficient (Wildman–Crippen LogP) is 4.73. The Kier molecular flexibility index (Phi) is 5.34. The third kappa shape index (κ3) is 4.01.